The third kappa shape index (κ3) is 3.92. The van der Waals surface area contributed by atoms with Crippen LogP contribution in [0.15, 0.2) is 62.9 Å². The van der Waals surface area contributed by atoms with Crippen molar-refractivity contribution >= 4 is 15.7 Å². The van der Waals surface area contributed by atoms with Gasteiger partial charge in [0, 0.05) is 18.7 Å². The topological polar surface area (TPSA) is 72.6 Å². The lowest BCUT2D eigenvalue weighted by molar-refractivity contribution is 0.413. The van der Waals surface area contributed by atoms with E-state index in [-0.39, 0.29) is 21.7 Å². The fourth-order valence-corrected chi connectivity index (χ4v) is 4.81. The number of methoxy groups -OCH3 is 1. The van der Waals surface area contributed by atoms with Gasteiger partial charge in [-0.2, -0.15) is 4.98 Å². The number of hydrogen-bond acceptors (Lipinski definition) is 6. The molecule has 0 N–H and O–H groups in total. The van der Waals surface area contributed by atoms with Gasteiger partial charge in [0.2, 0.25) is 26.6 Å². The Kier molecular flexibility index (Phi) is 5.51. The van der Waals surface area contributed by atoms with Gasteiger partial charge in [-0.1, -0.05) is 13.0 Å². The van der Waals surface area contributed by atoms with E-state index in [0.29, 0.717) is 30.3 Å². The molecule has 0 aliphatic carbocycles. The van der Waals surface area contributed by atoms with E-state index in [4.69, 9.17) is 9.15 Å². The minimum atomic E-state index is -4.00. The minimum absolute atomic E-state index is 0.0268. The molecule has 30 heavy (non-hydrogen) atoms. The summed E-state index contributed by atoms with van der Waals surface area (Å²) >= 11 is 0. The van der Waals surface area contributed by atoms with E-state index in [9.17, 15) is 12.8 Å². The predicted molar refractivity (Wildman–Crippen MR) is 111 cm³/mol. The number of piperidine rings is 1. The second kappa shape index (κ2) is 8.10. The summed E-state index contributed by atoms with van der Waals surface area (Å²) in [5, 5.41) is -0.151. The van der Waals surface area contributed by atoms with E-state index < -0.39 is 15.7 Å². The van der Waals surface area contributed by atoms with Gasteiger partial charge >= 0.3 is 0 Å². The summed E-state index contributed by atoms with van der Waals surface area (Å²) in [6, 6.07) is 11.8. The van der Waals surface area contributed by atoms with Gasteiger partial charge in [0.05, 0.1) is 12.0 Å². The summed E-state index contributed by atoms with van der Waals surface area (Å²) < 4.78 is 51.3. The highest BCUT2D eigenvalue weighted by Crippen LogP contribution is 2.37. The molecule has 8 heteroatoms. The van der Waals surface area contributed by atoms with E-state index in [2.05, 4.69) is 11.9 Å². The zero-order valence-electron chi connectivity index (χ0n) is 16.8. The van der Waals surface area contributed by atoms with Crippen LogP contribution in [0, 0.1) is 11.7 Å². The molecule has 158 valence electrons. The first kappa shape index (κ1) is 20.4. The average molecular weight is 431 g/mol. The molecule has 0 atom stereocenters. The predicted octanol–water partition coefficient (Wildman–Crippen LogP) is 4.56. The van der Waals surface area contributed by atoms with Crippen LogP contribution in [0.1, 0.15) is 19.8 Å². The summed E-state index contributed by atoms with van der Waals surface area (Å²) in [5.41, 5.74) is 0.613. The van der Waals surface area contributed by atoms with Crippen LogP contribution in [0.2, 0.25) is 0 Å². The van der Waals surface area contributed by atoms with Crippen LogP contribution in [0.25, 0.3) is 11.5 Å². The molecule has 1 aliphatic rings. The molecule has 1 aliphatic heterocycles. The second-order valence-corrected chi connectivity index (χ2v) is 9.35. The number of nitrogens with zero attached hydrogens (tertiary/aromatic N) is 2. The fraction of sp³-hybridized carbons (Fsp3) is 0.318. The number of sulfone groups is 1. The maximum atomic E-state index is 13.3. The molecule has 1 fully saturated rings. The minimum Gasteiger partial charge on any atom is -0.497 e. The maximum Gasteiger partial charge on any atom is 0.236 e. The molecule has 0 bridgehead atoms. The number of anilines is 1. The number of aromatic nitrogens is 1. The molecule has 0 spiro atoms. The summed E-state index contributed by atoms with van der Waals surface area (Å²) in [4.78, 5) is 6.27. The van der Waals surface area contributed by atoms with Gasteiger partial charge in [0.15, 0.2) is 0 Å². The van der Waals surface area contributed by atoms with Crippen LogP contribution < -0.4 is 9.64 Å². The number of benzene rings is 2. The summed E-state index contributed by atoms with van der Waals surface area (Å²) in [6.45, 7) is 3.54. The van der Waals surface area contributed by atoms with Crippen molar-refractivity contribution in [3.8, 4) is 17.2 Å². The average Bonchev–Trinajstić information content (AvgIpc) is 3.21. The summed E-state index contributed by atoms with van der Waals surface area (Å²) in [6.07, 6.45) is 1.87. The Morgan fingerprint density at radius 1 is 1.13 bits per heavy atom. The lowest BCUT2D eigenvalue weighted by Gasteiger charge is -2.30. The van der Waals surface area contributed by atoms with E-state index in [1.807, 2.05) is 4.90 Å². The van der Waals surface area contributed by atoms with Crippen molar-refractivity contribution in [3.63, 3.8) is 0 Å². The molecule has 2 heterocycles. The Hall–Kier alpha value is -2.87. The fourth-order valence-electron chi connectivity index (χ4n) is 3.49. The third-order valence-corrected chi connectivity index (χ3v) is 7.01. The van der Waals surface area contributed by atoms with E-state index in [0.717, 1.165) is 25.0 Å². The molecule has 0 radical (unpaired) electrons. The first-order chi connectivity index (χ1) is 14.4. The smallest absolute Gasteiger partial charge is 0.236 e. The molecule has 0 saturated carbocycles. The van der Waals surface area contributed by atoms with Crippen molar-refractivity contribution in [1.29, 1.82) is 0 Å². The lowest BCUT2D eigenvalue weighted by Crippen LogP contribution is -2.33. The van der Waals surface area contributed by atoms with Crippen molar-refractivity contribution < 1.29 is 22.0 Å². The van der Waals surface area contributed by atoms with Crippen LogP contribution in [-0.2, 0) is 9.84 Å². The van der Waals surface area contributed by atoms with Crippen molar-refractivity contribution in [2.45, 2.75) is 29.7 Å². The molecular weight excluding hydrogens is 407 g/mol. The molecule has 2 aromatic carbocycles. The molecule has 0 amide bonds. The number of oxazole rings is 1. The van der Waals surface area contributed by atoms with Crippen molar-refractivity contribution in [2.75, 3.05) is 25.1 Å². The van der Waals surface area contributed by atoms with Crippen LogP contribution in [0.5, 0.6) is 5.75 Å². The Labute approximate surface area is 175 Å². The van der Waals surface area contributed by atoms with Gasteiger partial charge in [0.25, 0.3) is 0 Å². The van der Waals surface area contributed by atoms with Crippen molar-refractivity contribution in [2.24, 2.45) is 5.92 Å². The highest BCUT2D eigenvalue weighted by Gasteiger charge is 2.32. The first-order valence-corrected chi connectivity index (χ1v) is 11.3. The molecule has 1 saturated heterocycles. The lowest BCUT2D eigenvalue weighted by atomic mass is 9.99. The number of halogens is 1. The summed E-state index contributed by atoms with van der Waals surface area (Å²) in [7, 11) is -2.44. The van der Waals surface area contributed by atoms with Gasteiger partial charge in [0.1, 0.15) is 11.6 Å². The van der Waals surface area contributed by atoms with Crippen LogP contribution >= 0.6 is 0 Å². The van der Waals surface area contributed by atoms with Gasteiger partial charge in [-0.05, 0) is 61.2 Å². The monoisotopic (exact) mass is 430 g/mol. The Bertz CT molecular complexity index is 1130. The van der Waals surface area contributed by atoms with Gasteiger partial charge in [-0.15, -0.1) is 0 Å². The zero-order valence-corrected chi connectivity index (χ0v) is 17.7. The van der Waals surface area contributed by atoms with E-state index in [1.54, 1.807) is 31.4 Å². The highest BCUT2D eigenvalue weighted by atomic mass is 32.2. The van der Waals surface area contributed by atoms with E-state index in [1.165, 1.54) is 12.1 Å². The molecule has 6 nitrogen and oxygen atoms in total. The number of ether oxygens (including phenoxy) is 1. The van der Waals surface area contributed by atoms with Gasteiger partial charge in [-0.3, -0.25) is 0 Å². The zero-order chi connectivity index (χ0) is 21.3. The number of rotatable bonds is 5. The number of hydrogen-bond donors (Lipinski definition) is 0. The standard InChI is InChI=1S/C22H23FN2O4S/c1-15-10-12-25(13-11-15)22-21(30(26,27)19-8-6-17(23)7-9-19)24-20(29-22)16-4-3-5-18(14-16)28-2/h3-9,14-15H,10-13H2,1-2H3. The second-order valence-electron chi connectivity index (χ2n) is 7.49. The van der Waals surface area contributed by atoms with Gasteiger partial charge in [-0.25, -0.2) is 12.8 Å². The first-order valence-electron chi connectivity index (χ1n) is 9.79. The van der Waals surface area contributed by atoms with Crippen LogP contribution in [0.4, 0.5) is 10.3 Å². The third-order valence-electron chi connectivity index (χ3n) is 5.35. The SMILES string of the molecule is COc1cccc(-c2nc(S(=O)(=O)c3ccc(F)cc3)c(N3CCC(C)CC3)o2)c1. The van der Waals surface area contributed by atoms with Gasteiger partial charge < -0.3 is 14.1 Å². The molecule has 4 rings (SSSR count). The van der Waals surface area contributed by atoms with E-state index >= 15 is 0 Å². The maximum absolute atomic E-state index is 13.3. The summed E-state index contributed by atoms with van der Waals surface area (Å²) in [5.74, 6) is 1.10. The van der Waals surface area contributed by atoms with Crippen LogP contribution in [0.3, 0.4) is 0 Å². The Balaban J connectivity index is 1.83. The Morgan fingerprint density at radius 2 is 1.83 bits per heavy atom. The quantitative estimate of drug-likeness (QED) is 0.553. The Morgan fingerprint density at radius 3 is 2.50 bits per heavy atom. The highest BCUT2D eigenvalue weighted by molar-refractivity contribution is 7.91. The largest absolute Gasteiger partial charge is 0.497 e. The molecule has 3 aromatic rings. The van der Waals surface area contributed by atoms with Crippen LogP contribution in [-0.4, -0.2) is 33.6 Å². The normalized spacial score (nSPS) is 15.4. The van der Waals surface area contributed by atoms with Crippen molar-refractivity contribution in [1.82, 2.24) is 4.98 Å². The van der Waals surface area contributed by atoms with Crippen molar-refractivity contribution in [3.05, 3.63) is 54.3 Å². The molecular formula is C22H23FN2O4S. The molecule has 1 aromatic heterocycles. The molecule has 0 unspecified atom stereocenters.